The minimum atomic E-state index is -1.27. The Balaban J connectivity index is 1.53. The molecular weight excluding hydrogens is 426 g/mol. The Bertz CT molecular complexity index is 1050. The quantitative estimate of drug-likeness (QED) is 0.307. The molecule has 0 bridgehead atoms. The fourth-order valence-corrected chi connectivity index (χ4v) is 4.45. The first-order valence-corrected chi connectivity index (χ1v) is 10.5. The molecule has 3 rings (SSSR count). The number of nitrogen functional groups attached to an aromatic ring is 1. The molecule has 2 aromatic heterocycles. The number of anilines is 2. The molecule has 0 spiro atoms. The zero-order valence-electron chi connectivity index (χ0n) is 16.5. The average Bonchev–Trinajstić information content (AvgIpc) is 3.32. The van der Waals surface area contributed by atoms with Crippen LogP contribution in [0.2, 0.25) is 0 Å². The highest BCUT2D eigenvalue weighted by Crippen LogP contribution is 2.31. The number of hydrogen-bond acceptors (Lipinski definition) is 8. The minimum Gasteiger partial charge on any atom is -0.481 e. The lowest BCUT2D eigenvalue weighted by Gasteiger charge is -2.12. The minimum absolute atomic E-state index is 0.0279. The van der Waals surface area contributed by atoms with Crippen molar-refractivity contribution in [2.24, 2.45) is 0 Å². The normalized spacial score (nSPS) is 15.7. The van der Waals surface area contributed by atoms with Crippen molar-refractivity contribution in [1.82, 2.24) is 15.3 Å². The Kier molecular flexibility index (Phi) is 6.90. The molecule has 0 saturated carbocycles. The summed E-state index contributed by atoms with van der Waals surface area (Å²) in [7, 11) is 0. The summed E-state index contributed by atoms with van der Waals surface area (Å²) in [5.41, 5.74) is 5.94. The number of carbonyl (C=O) groups is 3. The van der Waals surface area contributed by atoms with E-state index in [0.29, 0.717) is 29.2 Å². The van der Waals surface area contributed by atoms with Gasteiger partial charge in [0.2, 0.25) is 5.95 Å². The topological polar surface area (TPSA) is 187 Å². The predicted octanol–water partition coefficient (Wildman–Crippen LogP) is 0.993. The van der Waals surface area contributed by atoms with E-state index in [1.165, 1.54) is 11.3 Å². The lowest BCUT2D eigenvalue weighted by Crippen LogP contribution is -2.40. The van der Waals surface area contributed by atoms with Gasteiger partial charge in [0.15, 0.2) is 0 Å². The second kappa shape index (κ2) is 9.60. The van der Waals surface area contributed by atoms with Gasteiger partial charge < -0.3 is 26.6 Å². The molecule has 1 unspecified atom stereocenters. The van der Waals surface area contributed by atoms with Gasteiger partial charge in [0, 0.05) is 23.8 Å². The number of aliphatic carboxylic acids is 2. The van der Waals surface area contributed by atoms with Crippen molar-refractivity contribution in [2.45, 2.75) is 44.1 Å². The largest absolute Gasteiger partial charge is 0.481 e. The fourth-order valence-electron chi connectivity index (χ4n) is 3.49. The highest BCUT2D eigenvalue weighted by Gasteiger charge is 2.27. The third kappa shape index (κ3) is 5.60. The Morgan fingerprint density at radius 2 is 2.10 bits per heavy atom. The highest BCUT2D eigenvalue weighted by atomic mass is 32.1. The third-order valence-electron chi connectivity index (χ3n) is 5.01. The zero-order valence-corrected chi connectivity index (χ0v) is 17.3. The van der Waals surface area contributed by atoms with Crippen LogP contribution in [0.1, 0.15) is 51.7 Å². The number of hydrogen-bond donors (Lipinski definition) is 6. The standard InChI is InChI=1S/C19H23N5O6S/c20-19-23-15-14(17(28)24-19)9(8-21-15)2-1-3-10-4-6-12(31-10)16(27)22-11(18(29)30)5-7-13(25)26/h4,6,9,11H,1-3,5,7-8H2,(H,22,27)(H,25,26)(H,29,30)(H4,20,21,23,24,28)/t9?,11-/m0/s1. The number of nitrogens with one attached hydrogen (secondary N) is 3. The molecule has 1 aliphatic heterocycles. The summed E-state index contributed by atoms with van der Waals surface area (Å²) in [5, 5.41) is 23.3. The molecule has 0 saturated heterocycles. The number of carboxylic acid groups (broad SMARTS) is 2. The van der Waals surface area contributed by atoms with E-state index in [2.05, 4.69) is 20.6 Å². The van der Waals surface area contributed by atoms with Crippen LogP contribution in [0.5, 0.6) is 0 Å². The van der Waals surface area contributed by atoms with Crippen LogP contribution < -0.4 is 21.9 Å². The maximum Gasteiger partial charge on any atom is 0.326 e. The highest BCUT2D eigenvalue weighted by molar-refractivity contribution is 7.14. The fraction of sp³-hybridized carbons (Fsp3) is 0.421. The van der Waals surface area contributed by atoms with Gasteiger partial charge in [-0.3, -0.25) is 19.4 Å². The van der Waals surface area contributed by atoms with Gasteiger partial charge in [-0.2, -0.15) is 4.98 Å². The molecule has 31 heavy (non-hydrogen) atoms. The first kappa shape index (κ1) is 22.3. The van der Waals surface area contributed by atoms with E-state index in [4.69, 9.17) is 15.9 Å². The van der Waals surface area contributed by atoms with E-state index in [0.717, 1.165) is 17.7 Å². The Hall–Kier alpha value is -3.41. The average molecular weight is 449 g/mol. The maximum atomic E-state index is 12.3. The number of nitrogens with zero attached hydrogens (tertiary/aromatic N) is 1. The van der Waals surface area contributed by atoms with Gasteiger partial charge in [0.1, 0.15) is 11.9 Å². The molecule has 7 N–H and O–H groups in total. The Labute approximate surface area is 180 Å². The summed E-state index contributed by atoms with van der Waals surface area (Å²) in [6.07, 6.45) is 1.70. The van der Waals surface area contributed by atoms with E-state index in [1.54, 1.807) is 6.07 Å². The monoisotopic (exact) mass is 449 g/mol. The van der Waals surface area contributed by atoms with Gasteiger partial charge in [0.05, 0.1) is 10.4 Å². The summed E-state index contributed by atoms with van der Waals surface area (Å²) < 4.78 is 0. The number of fused-ring (bicyclic) bond motifs is 1. The summed E-state index contributed by atoms with van der Waals surface area (Å²) in [6.45, 7) is 0.611. The molecule has 0 aromatic carbocycles. The lowest BCUT2D eigenvalue weighted by molar-refractivity contribution is -0.140. The summed E-state index contributed by atoms with van der Waals surface area (Å²) in [5.74, 6) is -2.31. The Morgan fingerprint density at radius 1 is 1.32 bits per heavy atom. The molecule has 0 aliphatic carbocycles. The number of amides is 1. The molecule has 1 aliphatic rings. The molecule has 1 amide bonds. The van der Waals surface area contributed by atoms with Gasteiger partial charge >= 0.3 is 11.9 Å². The number of aryl methyl sites for hydroxylation is 1. The van der Waals surface area contributed by atoms with E-state index in [1.807, 2.05) is 6.07 Å². The van der Waals surface area contributed by atoms with Crippen LogP contribution in [0.25, 0.3) is 0 Å². The number of rotatable bonds is 10. The van der Waals surface area contributed by atoms with E-state index >= 15 is 0 Å². The number of thiophene rings is 1. The number of H-pyrrole nitrogens is 1. The lowest BCUT2D eigenvalue weighted by atomic mass is 9.97. The van der Waals surface area contributed by atoms with Gasteiger partial charge in [-0.1, -0.05) is 0 Å². The maximum absolute atomic E-state index is 12.3. The van der Waals surface area contributed by atoms with Crippen molar-refractivity contribution in [2.75, 3.05) is 17.6 Å². The molecule has 0 radical (unpaired) electrons. The van der Waals surface area contributed by atoms with Crippen molar-refractivity contribution in [3.63, 3.8) is 0 Å². The van der Waals surface area contributed by atoms with Crippen LogP contribution in [0, 0.1) is 0 Å². The number of carboxylic acids is 2. The van der Waals surface area contributed by atoms with Crippen LogP contribution in [0.15, 0.2) is 16.9 Å². The molecule has 12 heteroatoms. The third-order valence-corrected chi connectivity index (χ3v) is 6.15. The summed E-state index contributed by atoms with van der Waals surface area (Å²) >= 11 is 1.26. The molecule has 0 fully saturated rings. The molecule has 166 valence electrons. The molecule has 2 atom stereocenters. The van der Waals surface area contributed by atoms with E-state index in [9.17, 15) is 19.2 Å². The van der Waals surface area contributed by atoms with Crippen molar-refractivity contribution in [1.29, 1.82) is 0 Å². The van der Waals surface area contributed by atoms with Crippen LogP contribution in [0.3, 0.4) is 0 Å². The number of nitrogens with two attached hydrogens (primary N) is 1. The second-order valence-electron chi connectivity index (χ2n) is 7.25. The summed E-state index contributed by atoms with van der Waals surface area (Å²) in [4.78, 5) is 54.3. The van der Waals surface area contributed by atoms with Crippen LogP contribution in [0.4, 0.5) is 11.8 Å². The Morgan fingerprint density at radius 3 is 2.81 bits per heavy atom. The second-order valence-corrected chi connectivity index (χ2v) is 8.41. The SMILES string of the molecule is Nc1nc2c(c(=O)[nH]1)C(CCCc1ccc(C(=O)N[C@@H](CCC(=O)O)C(=O)O)s1)CN2. The van der Waals surface area contributed by atoms with E-state index < -0.39 is 23.9 Å². The predicted molar refractivity (Wildman–Crippen MR) is 114 cm³/mol. The zero-order chi connectivity index (χ0) is 22.5. The number of aromatic nitrogens is 2. The van der Waals surface area contributed by atoms with Crippen molar-refractivity contribution in [3.8, 4) is 0 Å². The van der Waals surface area contributed by atoms with Crippen molar-refractivity contribution >= 4 is 40.9 Å². The first-order valence-electron chi connectivity index (χ1n) is 9.72. The van der Waals surface area contributed by atoms with Crippen LogP contribution in [-0.2, 0) is 16.0 Å². The van der Waals surface area contributed by atoms with Gasteiger partial charge in [-0.25, -0.2) is 4.79 Å². The number of carbonyl (C=O) groups excluding carboxylic acids is 1. The number of aromatic amines is 1. The van der Waals surface area contributed by atoms with E-state index in [-0.39, 0.29) is 30.3 Å². The van der Waals surface area contributed by atoms with Crippen LogP contribution >= 0.6 is 11.3 Å². The first-order chi connectivity index (χ1) is 14.7. The smallest absolute Gasteiger partial charge is 0.326 e. The van der Waals surface area contributed by atoms with Gasteiger partial charge in [-0.05, 0) is 37.8 Å². The van der Waals surface area contributed by atoms with Crippen molar-refractivity contribution < 1.29 is 24.6 Å². The molecule has 11 nitrogen and oxygen atoms in total. The van der Waals surface area contributed by atoms with Gasteiger partial charge in [-0.15, -0.1) is 11.3 Å². The molecule has 2 aromatic rings. The van der Waals surface area contributed by atoms with Crippen molar-refractivity contribution in [3.05, 3.63) is 37.8 Å². The summed E-state index contributed by atoms with van der Waals surface area (Å²) in [6, 6.07) is 2.17. The van der Waals surface area contributed by atoms with Crippen LogP contribution in [-0.4, -0.2) is 50.6 Å². The molecule has 3 heterocycles. The molecular formula is C19H23N5O6S. The van der Waals surface area contributed by atoms with Gasteiger partial charge in [0.25, 0.3) is 11.5 Å².